The maximum Gasteiger partial charge on any atom is 0.320 e. The van der Waals surface area contributed by atoms with Crippen molar-refractivity contribution in [3.63, 3.8) is 0 Å². The molecule has 0 aliphatic carbocycles. The van der Waals surface area contributed by atoms with Crippen LogP contribution in [0.2, 0.25) is 0 Å². The van der Waals surface area contributed by atoms with Gasteiger partial charge in [-0.2, -0.15) is 4.98 Å². The number of rotatable bonds is 6. The van der Waals surface area contributed by atoms with Crippen LogP contribution in [0.4, 0.5) is 0 Å². The summed E-state index contributed by atoms with van der Waals surface area (Å²) in [6, 6.07) is -0.601. The monoisotopic (exact) mass is 241 g/mol. The number of carboxylic acid groups (broad SMARTS) is 1. The minimum atomic E-state index is -0.868. The minimum absolute atomic E-state index is 0.00368. The molecule has 1 unspecified atom stereocenters. The minimum Gasteiger partial charge on any atom is -0.480 e. The molecular weight excluding hydrogens is 222 g/mol. The molecule has 0 spiro atoms. The van der Waals surface area contributed by atoms with Crippen LogP contribution in [0.1, 0.15) is 45.3 Å². The Morgan fingerprint density at radius 2 is 2.06 bits per heavy atom. The number of nitrogens with one attached hydrogen (secondary N) is 1. The van der Waals surface area contributed by atoms with Crippen molar-refractivity contribution in [2.24, 2.45) is 5.92 Å². The molecule has 1 aromatic rings. The first-order valence-corrected chi connectivity index (χ1v) is 5.70. The van der Waals surface area contributed by atoms with Crippen molar-refractivity contribution in [2.45, 2.75) is 46.2 Å². The van der Waals surface area contributed by atoms with E-state index in [0.29, 0.717) is 18.3 Å². The Kier molecular flexibility index (Phi) is 4.62. The van der Waals surface area contributed by atoms with Crippen molar-refractivity contribution in [3.8, 4) is 0 Å². The number of carbonyl (C=O) groups is 1. The fourth-order valence-corrected chi connectivity index (χ4v) is 1.38. The lowest BCUT2D eigenvalue weighted by atomic mass is 10.1. The smallest absolute Gasteiger partial charge is 0.320 e. The molecule has 1 rings (SSSR count). The van der Waals surface area contributed by atoms with Crippen LogP contribution in [-0.4, -0.2) is 27.3 Å². The second-order valence-corrected chi connectivity index (χ2v) is 4.64. The third-order valence-electron chi connectivity index (χ3n) is 2.39. The molecule has 0 radical (unpaired) electrons. The first-order valence-electron chi connectivity index (χ1n) is 5.70. The van der Waals surface area contributed by atoms with E-state index in [2.05, 4.69) is 15.5 Å². The van der Waals surface area contributed by atoms with Crippen molar-refractivity contribution in [1.29, 1.82) is 0 Å². The molecule has 0 amide bonds. The van der Waals surface area contributed by atoms with Gasteiger partial charge in [-0.3, -0.25) is 10.1 Å². The first-order chi connectivity index (χ1) is 7.91. The van der Waals surface area contributed by atoms with Crippen LogP contribution in [0.15, 0.2) is 4.52 Å². The highest BCUT2D eigenvalue weighted by molar-refractivity contribution is 5.73. The molecule has 0 aromatic carbocycles. The van der Waals surface area contributed by atoms with Gasteiger partial charge in [0.2, 0.25) is 5.89 Å². The molecule has 1 atom stereocenters. The maximum absolute atomic E-state index is 10.9. The quantitative estimate of drug-likeness (QED) is 0.782. The van der Waals surface area contributed by atoms with Crippen LogP contribution in [-0.2, 0) is 11.3 Å². The Balaban J connectivity index is 2.56. The summed E-state index contributed by atoms with van der Waals surface area (Å²) in [6.45, 7) is 7.91. The van der Waals surface area contributed by atoms with E-state index in [-0.39, 0.29) is 11.8 Å². The Morgan fingerprint density at radius 3 is 2.47 bits per heavy atom. The molecule has 0 saturated heterocycles. The van der Waals surface area contributed by atoms with Gasteiger partial charge in [0.25, 0.3) is 0 Å². The molecule has 2 N–H and O–H groups in total. The number of nitrogens with zero attached hydrogens (tertiary/aromatic N) is 2. The molecule has 96 valence electrons. The topological polar surface area (TPSA) is 88.2 Å². The van der Waals surface area contributed by atoms with Gasteiger partial charge in [0.05, 0.1) is 6.54 Å². The summed E-state index contributed by atoms with van der Waals surface area (Å²) in [5.41, 5.74) is 0. The lowest BCUT2D eigenvalue weighted by Gasteiger charge is -2.16. The third kappa shape index (κ3) is 3.81. The van der Waals surface area contributed by atoms with Crippen LogP contribution >= 0.6 is 0 Å². The molecule has 0 fully saturated rings. The summed E-state index contributed by atoms with van der Waals surface area (Å²) in [7, 11) is 0. The number of aliphatic carboxylic acids is 1. The first kappa shape index (κ1) is 13.6. The molecule has 0 aliphatic rings. The van der Waals surface area contributed by atoms with Crippen LogP contribution in [0.25, 0.3) is 0 Å². The second-order valence-electron chi connectivity index (χ2n) is 4.64. The van der Waals surface area contributed by atoms with Gasteiger partial charge in [0, 0.05) is 5.92 Å². The van der Waals surface area contributed by atoms with Crippen LogP contribution in [0.5, 0.6) is 0 Å². The zero-order chi connectivity index (χ0) is 13.0. The van der Waals surface area contributed by atoms with Gasteiger partial charge in [-0.15, -0.1) is 0 Å². The molecule has 0 bridgehead atoms. The van der Waals surface area contributed by atoms with Crippen LogP contribution in [0.3, 0.4) is 0 Å². The summed E-state index contributed by atoms with van der Waals surface area (Å²) < 4.78 is 5.03. The van der Waals surface area contributed by atoms with Gasteiger partial charge in [-0.25, -0.2) is 0 Å². The Bertz CT molecular complexity index is 374. The highest BCUT2D eigenvalue weighted by Gasteiger charge is 2.21. The molecular formula is C11H19N3O3. The Morgan fingerprint density at radius 1 is 1.41 bits per heavy atom. The van der Waals surface area contributed by atoms with Crippen LogP contribution in [0, 0.1) is 5.92 Å². The molecule has 6 heteroatoms. The van der Waals surface area contributed by atoms with Gasteiger partial charge >= 0.3 is 5.97 Å². The maximum atomic E-state index is 10.9. The highest BCUT2D eigenvalue weighted by Crippen LogP contribution is 2.11. The Labute approximate surface area is 100 Å². The molecule has 0 aliphatic heterocycles. The fourth-order valence-electron chi connectivity index (χ4n) is 1.38. The fraction of sp³-hybridized carbons (Fsp3) is 0.727. The van der Waals surface area contributed by atoms with Crippen molar-refractivity contribution in [2.75, 3.05) is 0 Å². The van der Waals surface area contributed by atoms with E-state index in [1.807, 2.05) is 27.7 Å². The van der Waals surface area contributed by atoms with Gasteiger partial charge in [-0.1, -0.05) is 32.9 Å². The summed E-state index contributed by atoms with van der Waals surface area (Å²) in [4.78, 5) is 15.1. The zero-order valence-electron chi connectivity index (χ0n) is 10.6. The summed E-state index contributed by atoms with van der Waals surface area (Å²) in [5, 5.41) is 15.7. The van der Waals surface area contributed by atoms with Crippen molar-refractivity contribution in [3.05, 3.63) is 11.7 Å². The largest absolute Gasteiger partial charge is 0.480 e. The third-order valence-corrected chi connectivity index (χ3v) is 2.39. The number of hydrogen-bond donors (Lipinski definition) is 2. The standard InChI is InChI=1S/C11H19N3O3/c1-6(2)9(11(15)16)12-5-8-13-10(7(3)4)17-14-8/h6-7,9,12H,5H2,1-4H3,(H,15,16). The predicted octanol–water partition coefficient (Wildman–Crippen LogP) is 1.39. The number of hydrogen-bond acceptors (Lipinski definition) is 5. The van der Waals surface area contributed by atoms with E-state index < -0.39 is 12.0 Å². The van der Waals surface area contributed by atoms with E-state index in [9.17, 15) is 4.79 Å². The molecule has 17 heavy (non-hydrogen) atoms. The summed E-state index contributed by atoms with van der Waals surface area (Å²) in [6.07, 6.45) is 0. The Hall–Kier alpha value is -1.43. The van der Waals surface area contributed by atoms with E-state index in [1.165, 1.54) is 0 Å². The summed E-state index contributed by atoms with van der Waals surface area (Å²) in [5.74, 6) is 0.368. The van der Waals surface area contributed by atoms with Crippen molar-refractivity contribution < 1.29 is 14.4 Å². The van der Waals surface area contributed by atoms with E-state index in [0.717, 1.165) is 0 Å². The molecule has 1 heterocycles. The lowest BCUT2D eigenvalue weighted by molar-refractivity contribution is -0.140. The normalized spacial score (nSPS) is 13.3. The highest BCUT2D eigenvalue weighted by atomic mass is 16.5. The lowest BCUT2D eigenvalue weighted by Crippen LogP contribution is -2.40. The molecule has 6 nitrogen and oxygen atoms in total. The molecule has 1 aromatic heterocycles. The average molecular weight is 241 g/mol. The van der Waals surface area contributed by atoms with E-state index in [1.54, 1.807) is 0 Å². The predicted molar refractivity (Wildman–Crippen MR) is 61.5 cm³/mol. The molecule has 0 saturated carbocycles. The van der Waals surface area contributed by atoms with E-state index >= 15 is 0 Å². The number of carboxylic acids is 1. The van der Waals surface area contributed by atoms with Gasteiger partial charge < -0.3 is 9.63 Å². The average Bonchev–Trinajstić information content (AvgIpc) is 2.65. The SMILES string of the molecule is CC(C)c1nc(CNC(C(=O)O)C(C)C)no1. The van der Waals surface area contributed by atoms with Crippen LogP contribution < -0.4 is 5.32 Å². The van der Waals surface area contributed by atoms with E-state index in [4.69, 9.17) is 9.63 Å². The van der Waals surface area contributed by atoms with Crippen molar-refractivity contribution >= 4 is 5.97 Å². The second kappa shape index (κ2) is 5.77. The van der Waals surface area contributed by atoms with Gasteiger partial charge in [0.15, 0.2) is 5.82 Å². The van der Waals surface area contributed by atoms with Gasteiger partial charge in [-0.05, 0) is 5.92 Å². The summed E-state index contributed by atoms with van der Waals surface area (Å²) >= 11 is 0. The van der Waals surface area contributed by atoms with Gasteiger partial charge in [0.1, 0.15) is 6.04 Å². The number of aromatic nitrogens is 2. The van der Waals surface area contributed by atoms with Crippen molar-refractivity contribution in [1.82, 2.24) is 15.5 Å². The zero-order valence-corrected chi connectivity index (χ0v) is 10.6.